The quantitative estimate of drug-likeness (QED) is 0.389. The molecule has 1 aliphatic rings. The van der Waals surface area contributed by atoms with Gasteiger partial charge in [-0.2, -0.15) is 0 Å². The topological polar surface area (TPSA) is 4.93 Å². The van der Waals surface area contributed by atoms with Crippen LogP contribution in [0.5, 0.6) is 0 Å². The maximum absolute atomic E-state index is 3.60. The summed E-state index contributed by atoms with van der Waals surface area (Å²) in [5, 5.41) is 1.38. The lowest BCUT2D eigenvalue weighted by Gasteiger charge is -2.08. The van der Waals surface area contributed by atoms with E-state index in [1.165, 1.54) is 33.3 Å². The highest BCUT2D eigenvalue weighted by molar-refractivity contribution is 9.10. The second-order valence-electron chi connectivity index (χ2n) is 5.21. The first-order valence-electron chi connectivity index (χ1n) is 6.78. The molecule has 2 aromatic carbocycles. The predicted octanol–water partition coefficient (Wildman–Crippen LogP) is 5.76. The Balaban J connectivity index is 2.11. The standard InChI is InChI=1S/C17H13Br2N/c1-2-20-16-6-4-12(19)9-14(16)15-8-10-7-11(18)3-5-13(10)17(15)20/h3-7,9H,2,8H2,1H3. The average molecular weight is 391 g/mol. The van der Waals surface area contributed by atoms with Gasteiger partial charge in [0.1, 0.15) is 0 Å². The molecule has 0 saturated carbocycles. The zero-order chi connectivity index (χ0) is 13.9. The zero-order valence-electron chi connectivity index (χ0n) is 11.1. The van der Waals surface area contributed by atoms with Crippen molar-refractivity contribution in [3.63, 3.8) is 0 Å². The van der Waals surface area contributed by atoms with Gasteiger partial charge in [0.2, 0.25) is 0 Å². The van der Waals surface area contributed by atoms with E-state index >= 15 is 0 Å². The van der Waals surface area contributed by atoms with E-state index in [9.17, 15) is 0 Å². The first-order valence-corrected chi connectivity index (χ1v) is 8.37. The lowest BCUT2D eigenvalue weighted by molar-refractivity contribution is 0.805. The van der Waals surface area contributed by atoms with E-state index in [1.807, 2.05) is 0 Å². The van der Waals surface area contributed by atoms with Crippen LogP contribution in [0, 0.1) is 0 Å². The average Bonchev–Trinajstić information content (AvgIpc) is 2.92. The summed E-state index contributed by atoms with van der Waals surface area (Å²) in [6.07, 6.45) is 1.03. The number of rotatable bonds is 1. The van der Waals surface area contributed by atoms with Gasteiger partial charge in [0.15, 0.2) is 0 Å². The fourth-order valence-corrected chi connectivity index (χ4v) is 4.11. The summed E-state index contributed by atoms with van der Waals surface area (Å²) >= 11 is 7.18. The van der Waals surface area contributed by atoms with Crippen molar-refractivity contribution < 1.29 is 0 Å². The first-order chi connectivity index (χ1) is 9.69. The molecule has 0 amide bonds. The number of aromatic nitrogens is 1. The largest absolute Gasteiger partial charge is 0.341 e. The molecule has 1 aromatic heterocycles. The van der Waals surface area contributed by atoms with Crippen LogP contribution in [0.1, 0.15) is 18.1 Å². The Kier molecular flexibility index (Phi) is 2.83. The van der Waals surface area contributed by atoms with Crippen molar-refractivity contribution >= 4 is 42.8 Å². The molecule has 0 aliphatic heterocycles. The molecule has 3 heteroatoms. The molecule has 0 bridgehead atoms. The molecule has 3 aromatic rings. The van der Waals surface area contributed by atoms with E-state index < -0.39 is 0 Å². The highest BCUT2D eigenvalue weighted by Crippen LogP contribution is 2.44. The number of hydrogen-bond acceptors (Lipinski definition) is 0. The smallest absolute Gasteiger partial charge is 0.0530 e. The SMILES string of the molecule is CCn1c2c(c3cc(Br)ccc31)Cc1cc(Br)ccc1-2. The number of halogens is 2. The van der Waals surface area contributed by atoms with Crippen LogP contribution in [0.3, 0.4) is 0 Å². The predicted molar refractivity (Wildman–Crippen MR) is 91.3 cm³/mol. The molecule has 0 radical (unpaired) electrons. The van der Waals surface area contributed by atoms with Crippen LogP contribution >= 0.6 is 31.9 Å². The van der Waals surface area contributed by atoms with Crippen molar-refractivity contribution in [2.24, 2.45) is 0 Å². The van der Waals surface area contributed by atoms with Crippen molar-refractivity contribution in [2.75, 3.05) is 0 Å². The number of fused-ring (bicyclic) bond motifs is 5. The van der Waals surface area contributed by atoms with Gasteiger partial charge in [-0.1, -0.05) is 37.9 Å². The van der Waals surface area contributed by atoms with E-state index in [1.54, 1.807) is 0 Å². The summed E-state index contributed by atoms with van der Waals surface area (Å²) in [6.45, 7) is 3.22. The van der Waals surface area contributed by atoms with Crippen LogP contribution in [-0.2, 0) is 13.0 Å². The van der Waals surface area contributed by atoms with E-state index in [4.69, 9.17) is 0 Å². The van der Waals surface area contributed by atoms with Crippen molar-refractivity contribution in [1.82, 2.24) is 4.57 Å². The third-order valence-corrected chi connectivity index (χ3v) is 5.12. The third-order valence-electron chi connectivity index (χ3n) is 4.14. The molecular weight excluding hydrogens is 378 g/mol. The molecule has 100 valence electrons. The summed E-state index contributed by atoms with van der Waals surface area (Å²) in [7, 11) is 0. The van der Waals surface area contributed by atoms with Gasteiger partial charge >= 0.3 is 0 Å². The van der Waals surface area contributed by atoms with Crippen LogP contribution in [0.2, 0.25) is 0 Å². The van der Waals surface area contributed by atoms with Crippen LogP contribution in [0.4, 0.5) is 0 Å². The highest BCUT2D eigenvalue weighted by atomic mass is 79.9. The molecule has 0 saturated heterocycles. The highest BCUT2D eigenvalue weighted by Gasteiger charge is 2.26. The van der Waals surface area contributed by atoms with Crippen LogP contribution in [-0.4, -0.2) is 4.57 Å². The van der Waals surface area contributed by atoms with Gasteiger partial charge in [-0.3, -0.25) is 0 Å². The van der Waals surface area contributed by atoms with E-state index in [2.05, 4.69) is 79.7 Å². The summed E-state index contributed by atoms with van der Waals surface area (Å²) in [4.78, 5) is 0. The van der Waals surface area contributed by atoms with Gasteiger partial charge in [0.05, 0.1) is 5.69 Å². The minimum atomic E-state index is 1.00. The molecule has 0 N–H and O–H groups in total. The maximum atomic E-state index is 3.60. The molecule has 1 nitrogen and oxygen atoms in total. The zero-order valence-corrected chi connectivity index (χ0v) is 14.3. The fourth-order valence-electron chi connectivity index (χ4n) is 3.34. The van der Waals surface area contributed by atoms with Gasteiger partial charge in [-0.25, -0.2) is 0 Å². The van der Waals surface area contributed by atoms with Crippen molar-refractivity contribution in [2.45, 2.75) is 19.9 Å². The number of hydrogen-bond donors (Lipinski definition) is 0. The molecule has 0 atom stereocenters. The van der Waals surface area contributed by atoms with Crippen molar-refractivity contribution in [3.8, 4) is 11.3 Å². The minimum absolute atomic E-state index is 1.00. The molecule has 0 spiro atoms. The second kappa shape index (κ2) is 4.47. The maximum Gasteiger partial charge on any atom is 0.0530 e. The lowest BCUT2D eigenvalue weighted by Crippen LogP contribution is -1.96. The van der Waals surface area contributed by atoms with Crippen LogP contribution in [0.15, 0.2) is 45.3 Å². The summed E-state index contributed by atoms with van der Waals surface area (Å²) in [6, 6.07) is 13.2. The van der Waals surface area contributed by atoms with Gasteiger partial charge in [-0.15, -0.1) is 0 Å². The van der Waals surface area contributed by atoms with Gasteiger partial charge in [-0.05, 0) is 48.4 Å². The molecule has 1 aliphatic carbocycles. The monoisotopic (exact) mass is 389 g/mol. The summed E-state index contributed by atoms with van der Waals surface area (Å²) < 4.78 is 4.75. The molecule has 20 heavy (non-hydrogen) atoms. The van der Waals surface area contributed by atoms with Gasteiger partial charge in [0, 0.05) is 38.4 Å². The van der Waals surface area contributed by atoms with E-state index in [0.717, 1.165) is 21.9 Å². The Morgan fingerprint density at radius 2 is 1.80 bits per heavy atom. The molecular formula is C17H13Br2N. The Bertz CT molecular complexity index is 846. The van der Waals surface area contributed by atoms with Crippen molar-refractivity contribution in [1.29, 1.82) is 0 Å². The Hall–Kier alpha value is -1.06. The van der Waals surface area contributed by atoms with E-state index in [-0.39, 0.29) is 0 Å². The van der Waals surface area contributed by atoms with Crippen LogP contribution < -0.4 is 0 Å². The Labute approximate surface area is 134 Å². The molecule has 0 fully saturated rings. The Morgan fingerprint density at radius 1 is 1.05 bits per heavy atom. The second-order valence-corrected chi connectivity index (χ2v) is 7.04. The lowest BCUT2D eigenvalue weighted by atomic mass is 10.1. The number of aryl methyl sites for hydroxylation is 1. The normalized spacial score (nSPS) is 12.8. The first kappa shape index (κ1) is 12.7. The molecule has 1 heterocycles. The van der Waals surface area contributed by atoms with Crippen molar-refractivity contribution in [3.05, 3.63) is 56.5 Å². The van der Waals surface area contributed by atoms with E-state index in [0.29, 0.717) is 0 Å². The van der Waals surface area contributed by atoms with Crippen LogP contribution in [0.25, 0.3) is 22.2 Å². The molecule has 4 rings (SSSR count). The third kappa shape index (κ3) is 1.66. The minimum Gasteiger partial charge on any atom is -0.341 e. The summed E-state index contributed by atoms with van der Waals surface area (Å²) in [5.41, 5.74) is 7.03. The van der Waals surface area contributed by atoms with Gasteiger partial charge < -0.3 is 4.57 Å². The fraction of sp³-hybridized carbons (Fsp3) is 0.176. The number of nitrogens with zero attached hydrogens (tertiary/aromatic N) is 1. The Morgan fingerprint density at radius 3 is 2.60 bits per heavy atom. The van der Waals surface area contributed by atoms with Gasteiger partial charge in [0.25, 0.3) is 0 Å². The number of benzene rings is 2. The molecule has 0 unspecified atom stereocenters. The summed E-state index contributed by atoms with van der Waals surface area (Å²) in [5.74, 6) is 0.